The van der Waals surface area contributed by atoms with Gasteiger partial charge in [-0.15, -0.1) is 0 Å². The zero-order valence-electron chi connectivity index (χ0n) is 12.8. The molecule has 1 atom stereocenters. The van der Waals surface area contributed by atoms with Gasteiger partial charge in [-0.1, -0.05) is 13.3 Å². The van der Waals surface area contributed by atoms with Crippen molar-refractivity contribution in [2.24, 2.45) is 0 Å². The van der Waals surface area contributed by atoms with E-state index in [2.05, 4.69) is 15.6 Å². The second-order valence-electron chi connectivity index (χ2n) is 5.36. The van der Waals surface area contributed by atoms with Crippen LogP contribution in [0.4, 0.5) is 5.69 Å². The number of hydrogen-bond acceptors (Lipinski definition) is 3. The fraction of sp³-hybridized carbons (Fsp3) is 0.375. The molecular formula is C16H21N3O3. The number of rotatable bonds is 5. The molecule has 1 heterocycles. The van der Waals surface area contributed by atoms with Crippen LogP contribution in [0.2, 0.25) is 0 Å². The summed E-state index contributed by atoms with van der Waals surface area (Å²) >= 11 is 0. The summed E-state index contributed by atoms with van der Waals surface area (Å²) in [4.78, 5) is 26.7. The van der Waals surface area contributed by atoms with Crippen LogP contribution in [0, 0.1) is 6.92 Å². The Bertz CT molecular complexity index is 678. The van der Waals surface area contributed by atoms with Crippen molar-refractivity contribution in [3.8, 4) is 0 Å². The van der Waals surface area contributed by atoms with E-state index in [1.165, 1.54) is 0 Å². The van der Waals surface area contributed by atoms with Gasteiger partial charge in [0.05, 0.1) is 6.10 Å². The number of aliphatic hydroxyl groups excluding tert-OH is 1. The van der Waals surface area contributed by atoms with Gasteiger partial charge in [-0.25, -0.2) is 0 Å². The van der Waals surface area contributed by atoms with Crippen LogP contribution in [-0.4, -0.2) is 34.6 Å². The van der Waals surface area contributed by atoms with Gasteiger partial charge in [0.25, 0.3) is 0 Å². The summed E-state index contributed by atoms with van der Waals surface area (Å²) in [5.41, 5.74) is 2.56. The lowest BCUT2D eigenvalue weighted by Gasteiger charge is -2.10. The Kier molecular flexibility index (Phi) is 5.16. The molecule has 6 heteroatoms. The average molecular weight is 303 g/mol. The van der Waals surface area contributed by atoms with Gasteiger partial charge in [0.1, 0.15) is 0 Å². The van der Waals surface area contributed by atoms with Gasteiger partial charge in [0.15, 0.2) is 0 Å². The fourth-order valence-corrected chi connectivity index (χ4v) is 2.27. The fourth-order valence-electron chi connectivity index (χ4n) is 2.27. The molecular weight excluding hydrogens is 282 g/mol. The number of H-pyrrole nitrogens is 1. The number of amides is 2. The number of aliphatic hydroxyl groups is 1. The van der Waals surface area contributed by atoms with E-state index >= 15 is 0 Å². The summed E-state index contributed by atoms with van der Waals surface area (Å²) in [5.74, 6) is -1.49. The lowest BCUT2D eigenvalue weighted by molar-refractivity contribution is -0.136. The number of nitrogens with one attached hydrogen (secondary N) is 3. The molecule has 2 aromatic rings. The topological polar surface area (TPSA) is 94.2 Å². The minimum Gasteiger partial charge on any atom is -0.391 e. The summed E-state index contributed by atoms with van der Waals surface area (Å²) in [6.45, 7) is 3.97. The van der Waals surface area contributed by atoms with E-state index in [1.807, 2.05) is 26.0 Å². The second-order valence-corrected chi connectivity index (χ2v) is 5.36. The van der Waals surface area contributed by atoms with E-state index in [0.717, 1.165) is 23.0 Å². The predicted octanol–water partition coefficient (Wildman–Crippen LogP) is 1.69. The van der Waals surface area contributed by atoms with Crippen molar-refractivity contribution < 1.29 is 14.7 Å². The van der Waals surface area contributed by atoms with Crippen molar-refractivity contribution >= 4 is 28.4 Å². The first-order valence-electron chi connectivity index (χ1n) is 7.36. The van der Waals surface area contributed by atoms with Gasteiger partial charge in [-0.05, 0) is 37.6 Å². The second kappa shape index (κ2) is 7.09. The van der Waals surface area contributed by atoms with E-state index in [1.54, 1.807) is 12.1 Å². The summed E-state index contributed by atoms with van der Waals surface area (Å²) in [6.07, 6.45) is 0.783. The minimum absolute atomic E-state index is 0.0795. The maximum Gasteiger partial charge on any atom is 0.313 e. The molecule has 0 radical (unpaired) electrons. The SMILES string of the molecule is CCCC(O)CNC(=O)C(=O)Nc1ccc2[nH]c(C)cc2c1. The lowest BCUT2D eigenvalue weighted by atomic mass is 10.2. The Balaban J connectivity index is 1.93. The number of anilines is 1. The van der Waals surface area contributed by atoms with E-state index in [0.29, 0.717) is 12.1 Å². The molecule has 1 aromatic carbocycles. The molecule has 2 amide bonds. The smallest absolute Gasteiger partial charge is 0.313 e. The molecule has 0 bridgehead atoms. The molecule has 0 saturated heterocycles. The summed E-state index contributed by atoms with van der Waals surface area (Å²) in [7, 11) is 0. The average Bonchev–Trinajstić information content (AvgIpc) is 2.84. The molecule has 22 heavy (non-hydrogen) atoms. The molecule has 2 rings (SSSR count). The number of aromatic amines is 1. The van der Waals surface area contributed by atoms with Gasteiger partial charge in [-0.3, -0.25) is 9.59 Å². The third-order valence-corrected chi connectivity index (χ3v) is 3.34. The van der Waals surface area contributed by atoms with Gasteiger partial charge in [0, 0.05) is 28.8 Å². The van der Waals surface area contributed by atoms with Crippen molar-refractivity contribution in [3.05, 3.63) is 30.0 Å². The highest BCUT2D eigenvalue weighted by Gasteiger charge is 2.15. The van der Waals surface area contributed by atoms with Crippen molar-refractivity contribution in [2.45, 2.75) is 32.8 Å². The first-order valence-corrected chi connectivity index (χ1v) is 7.36. The van der Waals surface area contributed by atoms with Gasteiger partial charge < -0.3 is 20.7 Å². The number of aryl methyl sites for hydroxylation is 1. The molecule has 1 aromatic heterocycles. The van der Waals surface area contributed by atoms with Crippen LogP contribution in [0.25, 0.3) is 10.9 Å². The zero-order valence-corrected chi connectivity index (χ0v) is 12.8. The lowest BCUT2D eigenvalue weighted by Crippen LogP contribution is -2.39. The zero-order chi connectivity index (χ0) is 16.1. The Morgan fingerprint density at radius 2 is 2.05 bits per heavy atom. The maximum absolute atomic E-state index is 11.8. The standard InChI is InChI=1S/C16H21N3O3/c1-3-4-13(20)9-17-15(21)16(22)19-12-5-6-14-11(8-12)7-10(2)18-14/h5-8,13,18,20H,3-4,9H2,1-2H3,(H,17,21)(H,19,22). The molecule has 6 nitrogen and oxygen atoms in total. The first kappa shape index (κ1) is 16.0. The van der Waals surface area contributed by atoms with Crippen LogP contribution in [-0.2, 0) is 9.59 Å². The number of carbonyl (C=O) groups is 2. The molecule has 0 aliphatic rings. The minimum atomic E-state index is -0.750. The molecule has 0 saturated carbocycles. The molecule has 4 N–H and O–H groups in total. The van der Waals surface area contributed by atoms with Crippen LogP contribution < -0.4 is 10.6 Å². The summed E-state index contributed by atoms with van der Waals surface area (Å²) in [5, 5.41) is 15.5. The van der Waals surface area contributed by atoms with Crippen LogP contribution in [0.1, 0.15) is 25.5 Å². The number of carbonyl (C=O) groups excluding carboxylic acids is 2. The largest absolute Gasteiger partial charge is 0.391 e. The molecule has 0 spiro atoms. The van der Waals surface area contributed by atoms with Crippen molar-refractivity contribution in [1.82, 2.24) is 10.3 Å². The first-order chi connectivity index (χ1) is 10.5. The van der Waals surface area contributed by atoms with E-state index < -0.39 is 17.9 Å². The highest BCUT2D eigenvalue weighted by Crippen LogP contribution is 2.19. The molecule has 0 aliphatic heterocycles. The monoisotopic (exact) mass is 303 g/mol. The van der Waals surface area contributed by atoms with Crippen LogP contribution in [0.15, 0.2) is 24.3 Å². The van der Waals surface area contributed by atoms with Crippen molar-refractivity contribution in [2.75, 3.05) is 11.9 Å². The number of benzene rings is 1. The van der Waals surface area contributed by atoms with Crippen LogP contribution in [0.3, 0.4) is 0 Å². The number of aromatic nitrogens is 1. The highest BCUT2D eigenvalue weighted by molar-refractivity contribution is 6.39. The predicted molar refractivity (Wildman–Crippen MR) is 85.6 cm³/mol. The molecule has 118 valence electrons. The Hall–Kier alpha value is -2.34. The third kappa shape index (κ3) is 4.08. The molecule has 1 unspecified atom stereocenters. The summed E-state index contributed by atoms with van der Waals surface area (Å²) in [6, 6.07) is 7.35. The number of fused-ring (bicyclic) bond motifs is 1. The van der Waals surface area contributed by atoms with Crippen LogP contribution in [0.5, 0.6) is 0 Å². The van der Waals surface area contributed by atoms with Gasteiger partial charge in [-0.2, -0.15) is 0 Å². The van der Waals surface area contributed by atoms with Crippen molar-refractivity contribution in [1.29, 1.82) is 0 Å². The molecule has 0 fully saturated rings. The Labute approximate surface area is 128 Å². The van der Waals surface area contributed by atoms with E-state index in [4.69, 9.17) is 0 Å². The molecule has 0 aliphatic carbocycles. The normalized spacial score (nSPS) is 12.1. The van der Waals surface area contributed by atoms with E-state index in [-0.39, 0.29) is 6.54 Å². The van der Waals surface area contributed by atoms with Gasteiger partial charge in [0.2, 0.25) is 0 Å². The maximum atomic E-state index is 11.8. The Morgan fingerprint density at radius 3 is 2.77 bits per heavy atom. The number of hydrogen-bond donors (Lipinski definition) is 4. The van der Waals surface area contributed by atoms with E-state index in [9.17, 15) is 14.7 Å². The Morgan fingerprint density at radius 1 is 1.27 bits per heavy atom. The van der Waals surface area contributed by atoms with Crippen LogP contribution >= 0.6 is 0 Å². The van der Waals surface area contributed by atoms with Gasteiger partial charge >= 0.3 is 11.8 Å². The quantitative estimate of drug-likeness (QED) is 0.633. The third-order valence-electron chi connectivity index (χ3n) is 3.34. The summed E-state index contributed by atoms with van der Waals surface area (Å²) < 4.78 is 0. The highest BCUT2D eigenvalue weighted by atomic mass is 16.3. The van der Waals surface area contributed by atoms with Crippen molar-refractivity contribution in [3.63, 3.8) is 0 Å².